The highest BCUT2D eigenvalue weighted by molar-refractivity contribution is 9.11. The largest absolute Gasteiger partial charge is 0.486 e. The number of benzene rings is 1. The first-order valence-corrected chi connectivity index (χ1v) is 7.46. The second-order valence-corrected chi connectivity index (χ2v) is 6.63. The summed E-state index contributed by atoms with van der Waals surface area (Å²) in [6.07, 6.45) is 0. The Kier molecular flexibility index (Phi) is 3.33. The number of aryl methyl sites for hydroxylation is 1. The van der Waals surface area contributed by atoms with Crippen molar-refractivity contribution in [3.05, 3.63) is 44.1 Å². The van der Waals surface area contributed by atoms with E-state index in [0.29, 0.717) is 30.3 Å². The number of thiophene rings is 1. The first-order valence-electron chi connectivity index (χ1n) is 5.85. The van der Waals surface area contributed by atoms with Crippen molar-refractivity contribution in [3.8, 4) is 11.5 Å². The summed E-state index contributed by atoms with van der Waals surface area (Å²) in [5.74, 6) is 1.35. The minimum atomic E-state index is 0.00998. The highest BCUT2D eigenvalue weighted by atomic mass is 79.9. The predicted octanol–water partition coefficient (Wildman–Crippen LogP) is 3.82. The third-order valence-electron chi connectivity index (χ3n) is 2.89. The zero-order chi connectivity index (χ0) is 13.4. The fourth-order valence-electron chi connectivity index (χ4n) is 1.90. The van der Waals surface area contributed by atoms with Gasteiger partial charge in [-0.1, -0.05) is 0 Å². The van der Waals surface area contributed by atoms with Crippen molar-refractivity contribution in [1.82, 2.24) is 0 Å². The molecule has 98 valence electrons. The maximum Gasteiger partial charge on any atom is 0.203 e. The Morgan fingerprint density at radius 3 is 2.63 bits per heavy atom. The van der Waals surface area contributed by atoms with Crippen LogP contribution in [-0.4, -0.2) is 19.0 Å². The van der Waals surface area contributed by atoms with Gasteiger partial charge in [-0.2, -0.15) is 0 Å². The van der Waals surface area contributed by atoms with Crippen molar-refractivity contribution in [1.29, 1.82) is 0 Å². The van der Waals surface area contributed by atoms with Crippen LogP contribution < -0.4 is 9.47 Å². The molecule has 2 heterocycles. The van der Waals surface area contributed by atoms with E-state index in [1.807, 2.05) is 13.0 Å². The van der Waals surface area contributed by atoms with Crippen LogP contribution in [0.15, 0.2) is 28.1 Å². The average Bonchev–Trinajstić information content (AvgIpc) is 2.77. The summed E-state index contributed by atoms with van der Waals surface area (Å²) in [6.45, 7) is 3.05. The van der Waals surface area contributed by atoms with Crippen LogP contribution in [0.4, 0.5) is 0 Å². The molecule has 2 aromatic rings. The van der Waals surface area contributed by atoms with E-state index in [9.17, 15) is 4.79 Å². The van der Waals surface area contributed by atoms with Gasteiger partial charge in [0.2, 0.25) is 5.78 Å². The molecular formula is C14H11BrO3S. The van der Waals surface area contributed by atoms with E-state index in [2.05, 4.69) is 15.9 Å². The molecule has 0 spiro atoms. The smallest absolute Gasteiger partial charge is 0.203 e. The molecule has 1 aliphatic rings. The number of ketones is 1. The SMILES string of the molecule is Cc1cc(C(=O)c2ccc3c(c2)OCCO3)sc1Br. The van der Waals surface area contributed by atoms with E-state index in [1.165, 1.54) is 11.3 Å². The van der Waals surface area contributed by atoms with Gasteiger partial charge in [0.1, 0.15) is 13.2 Å². The van der Waals surface area contributed by atoms with Crippen LogP contribution in [0.1, 0.15) is 20.8 Å². The van der Waals surface area contributed by atoms with Gasteiger partial charge in [-0.15, -0.1) is 11.3 Å². The van der Waals surface area contributed by atoms with Crippen molar-refractivity contribution in [2.24, 2.45) is 0 Å². The minimum Gasteiger partial charge on any atom is -0.486 e. The van der Waals surface area contributed by atoms with E-state index < -0.39 is 0 Å². The van der Waals surface area contributed by atoms with Crippen LogP contribution in [0.5, 0.6) is 11.5 Å². The minimum absolute atomic E-state index is 0.00998. The monoisotopic (exact) mass is 338 g/mol. The van der Waals surface area contributed by atoms with Gasteiger partial charge in [0.05, 0.1) is 8.66 Å². The van der Waals surface area contributed by atoms with Gasteiger partial charge in [-0.3, -0.25) is 4.79 Å². The molecule has 0 bridgehead atoms. The summed E-state index contributed by atoms with van der Waals surface area (Å²) in [6, 6.07) is 7.21. The summed E-state index contributed by atoms with van der Waals surface area (Å²) in [5.41, 5.74) is 1.70. The number of halogens is 1. The summed E-state index contributed by atoms with van der Waals surface area (Å²) in [4.78, 5) is 13.1. The lowest BCUT2D eigenvalue weighted by molar-refractivity contribution is 0.104. The van der Waals surface area contributed by atoms with Crippen LogP contribution in [0, 0.1) is 6.92 Å². The standard InChI is InChI=1S/C14H11BrO3S/c1-8-6-12(19-14(8)15)13(16)9-2-3-10-11(7-9)18-5-4-17-10/h2-3,6-7H,4-5H2,1H3. The van der Waals surface area contributed by atoms with Crippen LogP contribution in [0.3, 0.4) is 0 Å². The van der Waals surface area contributed by atoms with Gasteiger partial charge >= 0.3 is 0 Å². The molecule has 0 N–H and O–H groups in total. The van der Waals surface area contributed by atoms with Crippen LogP contribution >= 0.6 is 27.3 Å². The fraction of sp³-hybridized carbons (Fsp3) is 0.214. The molecule has 0 amide bonds. The number of hydrogen-bond donors (Lipinski definition) is 0. The van der Waals surface area contributed by atoms with E-state index in [0.717, 1.165) is 14.2 Å². The van der Waals surface area contributed by atoms with Gasteiger partial charge < -0.3 is 9.47 Å². The van der Waals surface area contributed by atoms with Gasteiger partial charge in [0.25, 0.3) is 0 Å². The van der Waals surface area contributed by atoms with Crippen LogP contribution in [-0.2, 0) is 0 Å². The summed E-state index contributed by atoms with van der Waals surface area (Å²) in [7, 11) is 0. The Morgan fingerprint density at radius 1 is 1.21 bits per heavy atom. The first kappa shape index (κ1) is 12.7. The number of carbonyl (C=O) groups is 1. The molecular weight excluding hydrogens is 328 g/mol. The Bertz CT molecular complexity index is 629. The molecule has 0 aliphatic carbocycles. The maximum absolute atomic E-state index is 12.4. The molecule has 0 radical (unpaired) electrons. The van der Waals surface area contributed by atoms with Crippen molar-refractivity contribution in [2.75, 3.05) is 13.2 Å². The van der Waals surface area contributed by atoms with E-state index in [1.54, 1.807) is 18.2 Å². The van der Waals surface area contributed by atoms with E-state index >= 15 is 0 Å². The lowest BCUT2D eigenvalue weighted by atomic mass is 10.1. The maximum atomic E-state index is 12.4. The molecule has 0 atom stereocenters. The second kappa shape index (κ2) is 4.98. The Hall–Kier alpha value is -1.33. The van der Waals surface area contributed by atoms with E-state index in [4.69, 9.17) is 9.47 Å². The quantitative estimate of drug-likeness (QED) is 0.781. The fourth-order valence-corrected chi connectivity index (χ4v) is 3.40. The van der Waals surface area contributed by atoms with Crippen LogP contribution in [0.2, 0.25) is 0 Å². The van der Waals surface area contributed by atoms with Gasteiger partial charge in [0.15, 0.2) is 11.5 Å². The van der Waals surface area contributed by atoms with Gasteiger partial charge in [-0.05, 0) is 52.7 Å². The number of carbonyl (C=O) groups excluding carboxylic acids is 1. The molecule has 0 saturated carbocycles. The van der Waals surface area contributed by atoms with E-state index in [-0.39, 0.29) is 5.78 Å². The lowest BCUT2D eigenvalue weighted by Crippen LogP contribution is -2.15. The summed E-state index contributed by atoms with van der Waals surface area (Å²) in [5, 5.41) is 0. The highest BCUT2D eigenvalue weighted by Crippen LogP contribution is 2.33. The molecule has 3 nitrogen and oxygen atoms in total. The number of rotatable bonds is 2. The van der Waals surface area contributed by atoms with Crippen molar-refractivity contribution < 1.29 is 14.3 Å². The molecule has 0 unspecified atom stereocenters. The zero-order valence-corrected chi connectivity index (χ0v) is 12.6. The van der Waals surface area contributed by atoms with Gasteiger partial charge in [-0.25, -0.2) is 0 Å². The molecule has 0 saturated heterocycles. The summed E-state index contributed by atoms with van der Waals surface area (Å²) < 4.78 is 11.9. The Balaban J connectivity index is 1.95. The predicted molar refractivity (Wildman–Crippen MR) is 77.6 cm³/mol. The van der Waals surface area contributed by atoms with Gasteiger partial charge in [0, 0.05) is 5.56 Å². The number of fused-ring (bicyclic) bond motifs is 1. The first-order chi connectivity index (χ1) is 9.15. The topological polar surface area (TPSA) is 35.5 Å². The molecule has 1 aliphatic heterocycles. The van der Waals surface area contributed by atoms with Crippen molar-refractivity contribution >= 4 is 33.0 Å². The van der Waals surface area contributed by atoms with Crippen molar-refractivity contribution in [2.45, 2.75) is 6.92 Å². The third kappa shape index (κ3) is 2.40. The van der Waals surface area contributed by atoms with Crippen molar-refractivity contribution in [3.63, 3.8) is 0 Å². The van der Waals surface area contributed by atoms with Crippen LogP contribution in [0.25, 0.3) is 0 Å². The molecule has 1 aromatic heterocycles. The Labute approximate surface area is 123 Å². The zero-order valence-electron chi connectivity index (χ0n) is 10.2. The summed E-state index contributed by atoms with van der Waals surface area (Å²) >= 11 is 4.89. The lowest BCUT2D eigenvalue weighted by Gasteiger charge is -2.18. The Morgan fingerprint density at radius 2 is 1.95 bits per heavy atom. The number of ether oxygens (including phenoxy) is 2. The third-order valence-corrected chi connectivity index (χ3v) is 5.02. The second-order valence-electron chi connectivity index (χ2n) is 4.25. The molecule has 19 heavy (non-hydrogen) atoms. The number of hydrogen-bond acceptors (Lipinski definition) is 4. The highest BCUT2D eigenvalue weighted by Gasteiger charge is 2.18. The molecule has 1 aromatic carbocycles. The molecule has 0 fully saturated rings. The molecule has 5 heteroatoms. The normalized spacial score (nSPS) is 13.4. The average molecular weight is 339 g/mol. The molecule has 3 rings (SSSR count).